The van der Waals surface area contributed by atoms with Gasteiger partial charge < -0.3 is 20.0 Å². The molecule has 194 valence electrons. The highest BCUT2D eigenvalue weighted by molar-refractivity contribution is 6.01. The zero-order valence-corrected chi connectivity index (χ0v) is 20.9. The molecule has 0 radical (unpaired) electrons. The summed E-state index contributed by atoms with van der Waals surface area (Å²) in [6, 6.07) is 13.8. The van der Waals surface area contributed by atoms with Gasteiger partial charge in [-0.05, 0) is 29.5 Å². The highest BCUT2D eigenvalue weighted by Crippen LogP contribution is 2.30. The van der Waals surface area contributed by atoms with Gasteiger partial charge in [-0.15, -0.1) is 5.10 Å². The largest absolute Gasteiger partial charge is 0.391 e. The molecule has 3 aromatic rings. The molecule has 37 heavy (non-hydrogen) atoms. The summed E-state index contributed by atoms with van der Waals surface area (Å²) in [4.78, 5) is 30.1. The van der Waals surface area contributed by atoms with E-state index in [1.165, 1.54) is 4.90 Å². The number of β-amino-alcohol motifs (C(OH)–C–C–N with tert-alkyl or cyclic N) is 1. The highest BCUT2D eigenvalue weighted by Gasteiger charge is 2.45. The fraction of sp³-hybridized carbons (Fsp3) is 0.407. The van der Waals surface area contributed by atoms with Crippen molar-refractivity contribution in [3.63, 3.8) is 0 Å². The predicted molar refractivity (Wildman–Crippen MR) is 136 cm³/mol. The average Bonchev–Trinajstić information content (AvgIpc) is 3.63. The number of aromatic amines is 1. The van der Waals surface area contributed by atoms with Crippen LogP contribution in [0.3, 0.4) is 0 Å². The normalized spacial score (nSPS) is 20.9. The van der Waals surface area contributed by atoms with Crippen LogP contribution in [0.4, 0.5) is 0 Å². The number of benzene rings is 2. The molecule has 1 unspecified atom stereocenters. The molecule has 2 amide bonds. The van der Waals surface area contributed by atoms with Crippen LogP contribution in [0, 0.1) is 5.92 Å². The Hall–Kier alpha value is -3.60. The van der Waals surface area contributed by atoms with Crippen LogP contribution in [0.5, 0.6) is 0 Å². The summed E-state index contributed by atoms with van der Waals surface area (Å²) in [7, 11) is 0. The fourth-order valence-corrected chi connectivity index (χ4v) is 5.34. The summed E-state index contributed by atoms with van der Waals surface area (Å²) in [5.74, 6) is -0.555. The second-order valence-electron chi connectivity index (χ2n) is 10.1. The van der Waals surface area contributed by atoms with Crippen molar-refractivity contribution in [3.8, 4) is 11.3 Å². The minimum atomic E-state index is -1.04. The number of nitrogens with zero attached hydrogens (tertiary/aromatic N) is 4. The zero-order valence-electron chi connectivity index (χ0n) is 20.9. The molecule has 10 nitrogen and oxygen atoms in total. The van der Waals surface area contributed by atoms with Crippen molar-refractivity contribution in [1.82, 2.24) is 30.5 Å². The van der Waals surface area contributed by atoms with Crippen LogP contribution >= 0.6 is 0 Å². The molecule has 2 aliphatic heterocycles. The van der Waals surface area contributed by atoms with Crippen LogP contribution in [0.25, 0.3) is 11.3 Å². The Labute approximate surface area is 215 Å². The van der Waals surface area contributed by atoms with Crippen LogP contribution in [0.15, 0.2) is 54.7 Å². The van der Waals surface area contributed by atoms with Crippen molar-refractivity contribution in [2.75, 3.05) is 6.54 Å². The number of hydrogen-bond donors (Lipinski definition) is 4. The second-order valence-corrected chi connectivity index (χ2v) is 10.1. The molecule has 0 saturated carbocycles. The van der Waals surface area contributed by atoms with Gasteiger partial charge in [-0.2, -0.15) is 0 Å². The molecular weight excluding hydrogens is 472 g/mol. The lowest BCUT2D eigenvalue weighted by Crippen LogP contribution is -2.56. The molecule has 1 fully saturated rings. The summed E-state index contributed by atoms with van der Waals surface area (Å²) >= 11 is 0. The molecule has 4 N–H and O–H groups in total. The predicted octanol–water partition coefficient (Wildman–Crippen LogP) is 1.52. The van der Waals surface area contributed by atoms with E-state index in [1.807, 2.05) is 56.3 Å². The van der Waals surface area contributed by atoms with E-state index in [-0.39, 0.29) is 30.7 Å². The first kappa shape index (κ1) is 25.1. The lowest BCUT2D eigenvalue weighted by molar-refractivity contribution is -0.141. The summed E-state index contributed by atoms with van der Waals surface area (Å²) in [6.07, 6.45) is 0.112. The Balaban J connectivity index is 1.27. The molecule has 1 aromatic heterocycles. The SMILES string of the molecule is CC(C)[C@@H](C(=O)N1C[C@H](O)C[C@H]1C(O)NCc1ccc(-c2cnn[nH]2)cc1)N1Cc2ccccc2C1=O. The average molecular weight is 505 g/mol. The number of H-pyrrole nitrogens is 1. The maximum atomic E-state index is 13.8. The minimum Gasteiger partial charge on any atom is -0.391 e. The maximum Gasteiger partial charge on any atom is 0.255 e. The number of rotatable bonds is 8. The fourth-order valence-electron chi connectivity index (χ4n) is 5.34. The van der Waals surface area contributed by atoms with Crippen LogP contribution in [0.1, 0.15) is 41.8 Å². The van der Waals surface area contributed by atoms with Gasteiger partial charge in [0.05, 0.1) is 24.0 Å². The number of aromatic nitrogens is 3. The van der Waals surface area contributed by atoms with Gasteiger partial charge in [0, 0.05) is 30.8 Å². The third-order valence-corrected chi connectivity index (χ3v) is 7.23. The van der Waals surface area contributed by atoms with Crippen molar-refractivity contribution in [3.05, 3.63) is 71.4 Å². The number of carbonyl (C=O) groups is 2. The van der Waals surface area contributed by atoms with Gasteiger partial charge >= 0.3 is 0 Å². The monoisotopic (exact) mass is 504 g/mol. The van der Waals surface area contributed by atoms with Crippen molar-refractivity contribution < 1.29 is 19.8 Å². The number of carbonyl (C=O) groups excluding carboxylic acids is 2. The van der Waals surface area contributed by atoms with Crippen molar-refractivity contribution in [2.24, 2.45) is 5.92 Å². The van der Waals surface area contributed by atoms with E-state index in [0.29, 0.717) is 18.7 Å². The van der Waals surface area contributed by atoms with E-state index in [0.717, 1.165) is 22.4 Å². The number of amides is 2. The molecule has 2 aliphatic rings. The lowest BCUT2D eigenvalue weighted by atomic mass is 10.00. The van der Waals surface area contributed by atoms with E-state index in [1.54, 1.807) is 17.2 Å². The first-order valence-corrected chi connectivity index (χ1v) is 12.6. The number of aliphatic hydroxyl groups is 2. The van der Waals surface area contributed by atoms with Gasteiger partial charge in [0.25, 0.3) is 5.91 Å². The third kappa shape index (κ3) is 5.00. The molecule has 3 heterocycles. The van der Waals surface area contributed by atoms with Gasteiger partial charge in [0.2, 0.25) is 5.91 Å². The maximum absolute atomic E-state index is 13.8. The molecular formula is C27H32N6O4. The summed E-state index contributed by atoms with van der Waals surface area (Å²) < 4.78 is 0. The van der Waals surface area contributed by atoms with Gasteiger partial charge in [0.1, 0.15) is 12.3 Å². The molecule has 10 heteroatoms. The Kier molecular flexibility index (Phi) is 7.05. The van der Waals surface area contributed by atoms with E-state index in [4.69, 9.17) is 0 Å². The smallest absolute Gasteiger partial charge is 0.255 e. The molecule has 4 atom stereocenters. The highest BCUT2D eigenvalue weighted by atomic mass is 16.3. The van der Waals surface area contributed by atoms with Crippen LogP contribution in [-0.2, 0) is 17.9 Å². The molecule has 0 aliphatic carbocycles. The number of hydrogen-bond acceptors (Lipinski definition) is 7. The summed E-state index contributed by atoms with van der Waals surface area (Å²) in [5, 5.41) is 34.9. The van der Waals surface area contributed by atoms with E-state index in [9.17, 15) is 19.8 Å². The van der Waals surface area contributed by atoms with E-state index < -0.39 is 24.4 Å². The molecule has 0 spiro atoms. The summed E-state index contributed by atoms with van der Waals surface area (Å²) in [5.41, 5.74) is 4.24. The van der Waals surface area contributed by atoms with Gasteiger partial charge in [-0.3, -0.25) is 20.0 Å². The van der Waals surface area contributed by atoms with Gasteiger partial charge in [-0.1, -0.05) is 61.5 Å². The lowest BCUT2D eigenvalue weighted by Gasteiger charge is -2.36. The standard InChI is InChI=1S/C27H32N6O4/c1-16(2)24(33-14-19-5-3-4-6-21(19)26(33)36)27(37)32-15-20(34)11-23(32)25(35)28-12-17-7-9-18(10-8-17)22-13-29-31-30-22/h3-10,13,16,20,23-25,28,34-35H,11-12,14-15H2,1-2H3,(H,29,30,31)/t20-,23+,24+,25?/m1/s1. The molecule has 1 saturated heterocycles. The Bertz CT molecular complexity index is 1250. The summed E-state index contributed by atoms with van der Waals surface area (Å²) in [6.45, 7) is 4.70. The second kappa shape index (κ2) is 10.4. The van der Waals surface area contributed by atoms with E-state index in [2.05, 4.69) is 20.7 Å². The van der Waals surface area contributed by atoms with Crippen molar-refractivity contribution in [2.45, 2.75) is 57.8 Å². The van der Waals surface area contributed by atoms with Gasteiger partial charge in [0.15, 0.2) is 0 Å². The van der Waals surface area contributed by atoms with Gasteiger partial charge in [-0.25, -0.2) is 0 Å². The molecule has 2 aromatic carbocycles. The first-order chi connectivity index (χ1) is 17.8. The molecule has 5 rings (SSSR count). The Morgan fingerprint density at radius 3 is 2.62 bits per heavy atom. The topological polar surface area (TPSA) is 135 Å². The number of likely N-dealkylation sites (tertiary alicyclic amines) is 1. The third-order valence-electron chi connectivity index (χ3n) is 7.23. The van der Waals surface area contributed by atoms with E-state index >= 15 is 0 Å². The van der Waals surface area contributed by atoms with Crippen molar-refractivity contribution >= 4 is 11.8 Å². The Morgan fingerprint density at radius 2 is 1.95 bits per heavy atom. The number of nitrogens with one attached hydrogen (secondary N) is 2. The van der Waals surface area contributed by atoms with Crippen LogP contribution in [-0.4, -0.2) is 78.2 Å². The number of aliphatic hydroxyl groups excluding tert-OH is 2. The zero-order chi connectivity index (χ0) is 26.1. The molecule has 0 bridgehead atoms. The van der Waals surface area contributed by atoms with Crippen LogP contribution in [0.2, 0.25) is 0 Å². The Morgan fingerprint density at radius 1 is 1.19 bits per heavy atom. The van der Waals surface area contributed by atoms with Crippen LogP contribution < -0.4 is 5.32 Å². The quantitative estimate of drug-likeness (QED) is 0.342. The number of fused-ring (bicyclic) bond motifs is 1. The van der Waals surface area contributed by atoms with Crippen molar-refractivity contribution in [1.29, 1.82) is 0 Å². The minimum absolute atomic E-state index is 0.118. The first-order valence-electron chi connectivity index (χ1n) is 12.6.